The van der Waals surface area contributed by atoms with E-state index < -0.39 is 0 Å². The normalized spacial score (nSPS) is 23.1. The van der Waals surface area contributed by atoms with Crippen LogP contribution in [-0.4, -0.2) is 56.9 Å². The molecule has 0 aliphatic carbocycles. The van der Waals surface area contributed by atoms with Crippen LogP contribution in [0, 0.1) is 0 Å². The maximum atomic E-state index is 3.34. The zero-order valence-corrected chi connectivity index (χ0v) is 7.22. The second kappa shape index (κ2) is 2.86. The van der Waals surface area contributed by atoms with Crippen LogP contribution in [0.4, 0.5) is 0 Å². The van der Waals surface area contributed by atoms with Gasteiger partial charge in [-0.25, -0.2) is 0 Å². The Morgan fingerprint density at radius 3 is 1.90 bits per heavy atom. The molecule has 0 radical (unpaired) electrons. The van der Waals surface area contributed by atoms with Crippen LogP contribution in [-0.2, 0) is 0 Å². The lowest BCUT2D eigenvalue weighted by molar-refractivity contribution is -0.987. The van der Waals surface area contributed by atoms with E-state index in [0.29, 0.717) is 0 Å². The lowest BCUT2D eigenvalue weighted by atomic mass is 10.4. The zero-order valence-electron chi connectivity index (χ0n) is 7.22. The van der Waals surface area contributed by atoms with Gasteiger partial charge in [-0.3, -0.25) is 4.59 Å². The smallest absolute Gasteiger partial charge is 0.0855 e. The van der Waals surface area contributed by atoms with Crippen LogP contribution >= 0.6 is 0 Å². The van der Waals surface area contributed by atoms with Gasteiger partial charge in [-0.05, 0) is 0 Å². The van der Waals surface area contributed by atoms with E-state index in [2.05, 4.69) is 31.5 Å². The number of hydrogen-bond acceptors (Lipinski definition) is 2. The summed E-state index contributed by atoms with van der Waals surface area (Å²) in [5.41, 5.74) is 0. The van der Waals surface area contributed by atoms with E-state index in [1.165, 1.54) is 13.1 Å². The first kappa shape index (κ1) is 7.98. The summed E-state index contributed by atoms with van der Waals surface area (Å²) in [5, 5.41) is 5.79. The summed E-state index contributed by atoms with van der Waals surface area (Å²) in [6.45, 7) is 4.61. The first-order valence-electron chi connectivity index (χ1n) is 3.88. The molecular formula is C7H18N3+. The van der Waals surface area contributed by atoms with Gasteiger partial charge < -0.3 is 5.32 Å². The highest BCUT2D eigenvalue weighted by molar-refractivity contribution is 4.59. The van der Waals surface area contributed by atoms with Crippen molar-refractivity contribution in [1.29, 1.82) is 0 Å². The number of nitrogens with one attached hydrogen (secondary N) is 1. The van der Waals surface area contributed by atoms with Crippen LogP contribution < -0.4 is 5.32 Å². The van der Waals surface area contributed by atoms with Gasteiger partial charge in [0.15, 0.2) is 0 Å². The van der Waals surface area contributed by atoms with E-state index >= 15 is 0 Å². The summed E-state index contributed by atoms with van der Waals surface area (Å²) in [4.78, 5) is 0. The van der Waals surface area contributed by atoms with Crippen LogP contribution in [0.1, 0.15) is 0 Å². The summed E-state index contributed by atoms with van der Waals surface area (Å²) < 4.78 is 0.960. The number of rotatable bonds is 1. The van der Waals surface area contributed by atoms with Crippen molar-refractivity contribution < 1.29 is 4.59 Å². The molecule has 1 heterocycles. The number of quaternary nitrogens is 1. The van der Waals surface area contributed by atoms with Crippen molar-refractivity contribution in [2.75, 3.05) is 47.3 Å². The fourth-order valence-electron chi connectivity index (χ4n) is 1.25. The van der Waals surface area contributed by atoms with E-state index in [9.17, 15) is 0 Å². The molecule has 3 nitrogen and oxygen atoms in total. The number of piperazine rings is 1. The predicted octanol–water partition coefficient (Wildman–Crippen LogP) is -0.487. The molecule has 0 amide bonds. The van der Waals surface area contributed by atoms with Gasteiger partial charge in [0.1, 0.15) is 0 Å². The van der Waals surface area contributed by atoms with Crippen LogP contribution in [0.5, 0.6) is 0 Å². The van der Waals surface area contributed by atoms with Crippen LogP contribution in [0.25, 0.3) is 0 Å². The Morgan fingerprint density at radius 1 is 1.10 bits per heavy atom. The average molecular weight is 144 g/mol. The van der Waals surface area contributed by atoms with Gasteiger partial charge in [-0.1, -0.05) is 0 Å². The summed E-state index contributed by atoms with van der Waals surface area (Å²) in [6.07, 6.45) is 0. The molecule has 0 aromatic rings. The molecule has 0 saturated carbocycles. The molecule has 0 aromatic heterocycles. The fourth-order valence-corrected chi connectivity index (χ4v) is 1.25. The minimum Gasteiger partial charge on any atom is -0.314 e. The SMILES string of the molecule is C[N+](C)(C)N1CCNCC1. The Bertz CT molecular complexity index is 99.9. The highest BCUT2D eigenvalue weighted by Gasteiger charge is 2.21. The van der Waals surface area contributed by atoms with Crippen molar-refractivity contribution in [1.82, 2.24) is 10.3 Å². The van der Waals surface area contributed by atoms with E-state index in [4.69, 9.17) is 0 Å². The molecular weight excluding hydrogens is 126 g/mol. The maximum absolute atomic E-state index is 3.34. The van der Waals surface area contributed by atoms with Gasteiger partial charge in [0, 0.05) is 13.1 Å². The summed E-state index contributed by atoms with van der Waals surface area (Å²) >= 11 is 0. The lowest BCUT2D eigenvalue weighted by Crippen LogP contribution is -2.58. The van der Waals surface area contributed by atoms with Crippen LogP contribution in [0.3, 0.4) is 0 Å². The van der Waals surface area contributed by atoms with Crippen molar-refractivity contribution in [3.05, 3.63) is 0 Å². The van der Waals surface area contributed by atoms with Crippen molar-refractivity contribution >= 4 is 0 Å². The van der Waals surface area contributed by atoms with Gasteiger partial charge >= 0.3 is 0 Å². The molecule has 0 atom stereocenters. The Hall–Kier alpha value is -0.120. The highest BCUT2D eigenvalue weighted by atomic mass is 15.7. The minimum absolute atomic E-state index is 0.960. The first-order valence-corrected chi connectivity index (χ1v) is 3.88. The molecule has 3 heteroatoms. The molecule has 60 valence electrons. The standard InChI is InChI=1S/C7H18N3/c1-10(2,3)9-6-4-8-5-7-9/h8H,4-7H2,1-3H3/q+1. The summed E-state index contributed by atoms with van der Waals surface area (Å²) in [5.74, 6) is 0. The molecule has 10 heavy (non-hydrogen) atoms. The van der Waals surface area contributed by atoms with Crippen molar-refractivity contribution in [2.45, 2.75) is 0 Å². The van der Waals surface area contributed by atoms with Gasteiger partial charge in [0.2, 0.25) is 0 Å². The van der Waals surface area contributed by atoms with E-state index in [1.807, 2.05) is 0 Å². The Kier molecular flexibility index (Phi) is 2.28. The lowest BCUT2D eigenvalue weighted by Gasteiger charge is -2.38. The third-order valence-corrected chi connectivity index (χ3v) is 1.94. The highest BCUT2D eigenvalue weighted by Crippen LogP contribution is 2.01. The third kappa shape index (κ3) is 1.94. The monoisotopic (exact) mass is 144 g/mol. The largest absolute Gasteiger partial charge is 0.314 e. The molecule has 1 saturated heterocycles. The maximum Gasteiger partial charge on any atom is 0.0855 e. The second-order valence-corrected chi connectivity index (χ2v) is 3.65. The zero-order chi connectivity index (χ0) is 7.61. The first-order chi connectivity index (χ1) is 4.61. The van der Waals surface area contributed by atoms with E-state index in [-0.39, 0.29) is 0 Å². The molecule has 1 aliphatic heterocycles. The molecule has 0 bridgehead atoms. The van der Waals surface area contributed by atoms with Gasteiger partial charge in [0.25, 0.3) is 0 Å². The van der Waals surface area contributed by atoms with Crippen LogP contribution in [0.2, 0.25) is 0 Å². The predicted molar refractivity (Wildman–Crippen MR) is 42.5 cm³/mol. The van der Waals surface area contributed by atoms with E-state index in [1.54, 1.807) is 0 Å². The molecule has 0 aromatic carbocycles. The molecule has 1 rings (SSSR count). The molecule has 1 fully saturated rings. The Balaban J connectivity index is 2.39. The summed E-state index contributed by atoms with van der Waals surface area (Å²) in [7, 11) is 6.64. The summed E-state index contributed by atoms with van der Waals surface area (Å²) in [6, 6.07) is 0. The van der Waals surface area contributed by atoms with Gasteiger partial charge in [0.05, 0.1) is 34.2 Å². The fraction of sp³-hybridized carbons (Fsp3) is 1.00. The molecule has 1 aliphatic rings. The molecule has 0 unspecified atom stereocenters. The molecule has 0 spiro atoms. The van der Waals surface area contributed by atoms with Gasteiger partial charge in [-0.15, -0.1) is 0 Å². The average Bonchev–Trinajstić information content (AvgIpc) is 1.88. The van der Waals surface area contributed by atoms with E-state index in [0.717, 1.165) is 17.7 Å². The quantitative estimate of drug-likeness (QED) is 0.500. The van der Waals surface area contributed by atoms with Gasteiger partial charge in [-0.2, -0.15) is 5.01 Å². The minimum atomic E-state index is 0.960. The Labute approximate surface area is 63.2 Å². The number of nitrogens with zero attached hydrogens (tertiary/aromatic N) is 2. The molecule has 1 N–H and O–H groups in total. The Morgan fingerprint density at radius 2 is 1.60 bits per heavy atom. The van der Waals surface area contributed by atoms with Crippen LogP contribution in [0.15, 0.2) is 0 Å². The third-order valence-electron chi connectivity index (χ3n) is 1.94. The van der Waals surface area contributed by atoms with Crippen molar-refractivity contribution in [3.8, 4) is 0 Å². The second-order valence-electron chi connectivity index (χ2n) is 3.65. The van der Waals surface area contributed by atoms with Crippen molar-refractivity contribution in [3.63, 3.8) is 0 Å². The van der Waals surface area contributed by atoms with Crippen molar-refractivity contribution in [2.24, 2.45) is 0 Å². The topological polar surface area (TPSA) is 15.3 Å². The number of hydrogen-bond donors (Lipinski definition) is 1.